The molecule has 22 heavy (non-hydrogen) atoms. The Kier molecular flexibility index (Phi) is 9.56. The lowest BCUT2D eigenvalue weighted by molar-refractivity contribution is 0.219. The van der Waals surface area contributed by atoms with Crippen LogP contribution in [0.5, 0.6) is 0 Å². The number of hydrogen-bond acceptors (Lipinski definition) is 3. The van der Waals surface area contributed by atoms with Gasteiger partial charge in [-0.15, -0.1) is 0 Å². The zero-order valence-electron chi connectivity index (χ0n) is 14.0. The van der Waals surface area contributed by atoms with E-state index in [-0.39, 0.29) is 0 Å². The Morgan fingerprint density at radius 1 is 1.05 bits per heavy atom. The zero-order valence-corrected chi connectivity index (χ0v) is 14.0. The Balaban J connectivity index is 2.58. The number of rotatable bonds is 11. The minimum absolute atomic E-state index is 0.476. The standard InChI is InChI=1S/C19H31NO2/c1-3-4-5-6-7-11-17(13-14-18(21)15-20-22)19-12-9-8-10-16(19)2/h8-10,12,15,17-18,21-22H,3-7,11,13-14H2,1-2H3/b20-15+. The van der Waals surface area contributed by atoms with E-state index < -0.39 is 6.10 Å². The second-order valence-corrected chi connectivity index (χ2v) is 6.17. The van der Waals surface area contributed by atoms with Crippen molar-refractivity contribution in [3.05, 3.63) is 35.4 Å². The van der Waals surface area contributed by atoms with Crippen molar-refractivity contribution in [2.24, 2.45) is 5.16 Å². The molecule has 0 saturated carbocycles. The first-order valence-electron chi connectivity index (χ1n) is 8.60. The fourth-order valence-electron chi connectivity index (χ4n) is 3.02. The van der Waals surface area contributed by atoms with Gasteiger partial charge < -0.3 is 10.3 Å². The molecule has 3 nitrogen and oxygen atoms in total. The summed E-state index contributed by atoms with van der Waals surface area (Å²) in [6, 6.07) is 8.53. The molecule has 2 N–H and O–H groups in total. The summed E-state index contributed by atoms with van der Waals surface area (Å²) in [5, 5.41) is 21.2. The van der Waals surface area contributed by atoms with Crippen molar-refractivity contribution in [1.82, 2.24) is 0 Å². The first-order valence-corrected chi connectivity index (χ1v) is 8.60. The van der Waals surface area contributed by atoms with Crippen LogP contribution in [-0.2, 0) is 0 Å². The van der Waals surface area contributed by atoms with E-state index in [1.807, 2.05) is 0 Å². The smallest absolute Gasteiger partial charge is 0.0924 e. The third kappa shape index (κ3) is 7.08. The lowest BCUT2D eigenvalue weighted by atomic mass is 9.86. The molecule has 0 aliphatic rings. The third-order valence-electron chi connectivity index (χ3n) is 4.33. The van der Waals surface area contributed by atoms with Crippen LogP contribution in [0.15, 0.2) is 29.4 Å². The lowest BCUT2D eigenvalue weighted by Crippen LogP contribution is -2.11. The number of hydrogen-bond donors (Lipinski definition) is 2. The Hall–Kier alpha value is -1.35. The van der Waals surface area contributed by atoms with Gasteiger partial charge in [-0.05, 0) is 43.2 Å². The van der Waals surface area contributed by atoms with E-state index >= 15 is 0 Å². The number of aryl methyl sites for hydroxylation is 1. The van der Waals surface area contributed by atoms with Gasteiger partial charge in [0.1, 0.15) is 0 Å². The molecule has 0 fully saturated rings. The second-order valence-electron chi connectivity index (χ2n) is 6.17. The summed E-state index contributed by atoms with van der Waals surface area (Å²) in [5.41, 5.74) is 2.72. The van der Waals surface area contributed by atoms with Gasteiger partial charge in [0, 0.05) is 0 Å². The number of aliphatic hydroxyl groups is 1. The Labute approximate surface area is 135 Å². The van der Waals surface area contributed by atoms with E-state index in [1.165, 1.54) is 49.4 Å². The molecule has 0 aliphatic heterocycles. The van der Waals surface area contributed by atoms with Crippen LogP contribution in [0.25, 0.3) is 0 Å². The molecule has 1 aromatic rings. The molecular formula is C19H31NO2. The van der Waals surface area contributed by atoms with Crippen molar-refractivity contribution >= 4 is 6.21 Å². The minimum Gasteiger partial charge on any atom is -0.411 e. The highest BCUT2D eigenvalue weighted by atomic mass is 16.4. The van der Waals surface area contributed by atoms with Crippen molar-refractivity contribution in [3.8, 4) is 0 Å². The van der Waals surface area contributed by atoms with E-state index in [4.69, 9.17) is 5.21 Å². The maximum Gasteiger partial charge on any atom is 0.0924 e. The first kappa shape index (κ1) is 18.7. The SMILES string of the molecule is CCCCCCCC(CCC(O)/C=N/O)c1ccccc1C. The topological polar surface area (TPSA) is 52.8 Å². The normalized spacial score (nSPS) is 14.3. The fraction of sp³-hybridized carbons (Fsp3) is 0.632. The second kappa shape index (κ2) is 11.2. The van der Waals surface area contributed by atoms with Crippen molar-refractivity contribution < 1.29 is 10.3 Å². The monoisotopic (exact) mass is 305 g/mol. The summed E-state index contributed by atoms with van der Waals surface area (Å²) >= 11 is 0. The van der Waals surface area contributed by atoms with Crippen LogP contribution in [-0.4, -0.2) is 22.6 Å². The summed E-state index contributed by atoms with van der Waals surface area (Å²) in [6.07, 6.45) is 9.71. The van der Waals surface area contributed by atoms with Gasteiger partial charge in [0.15, 0.2) is 0 Å². The van der Waals surface area contributed by atoms with Gasteiger partial charge in [0.25, 0.3) is 0 Å². The van der Waals surface area contributed by atoms with Gasteiger partial charge in [0.2, 0.25) is 0 Å². The Morgan fingerprint density at radius 2 is 1.77 bits per heavy atom. The highest BCUT2D eigenvalue weighted by Crippen LogP contribution is 2.30. The summed E-state index contributed by atoms with van der Waals surface area (Å²) in [5.74, 6) is 0.476. The molecule has 0 aliphatic carbocycles. The number of benzene rings is 1. The zero-order chi connectivity index (χ0) is 16.2. The van der Waals surface area contributed by atoms with Crippen LogP contribution in [0.1, 0.15) is 75.3 Å². The van der Waals surface area contributed by atoms with E-state index in [0.717, 1.165) is 12.8 Å². The van der Waals surface area contributed by atoms with Gasteiger partial charge in [-0.25, -0.2) is 0 Å². The largest absolute Gasteiger partial charge is 0.411 e. The minimum atomic E-state index is -0.656. The van der Waals surface area contributed by atoms with Gasteiger partial charge in [-0.2, -0.15) is 0 Å². The molecule has 0 amide bonds. The molecule has 124 valence electrons. The van der Waals surface area contributed by atoms with E-state index in [2.05, 4.69) is 43.3 Å². The predicted octanol–water partition coefficient (Wildman–Crippen LogP) is 5.04. The molecule has 0 radical (unpaired) electrons. The third-order valence-corrected chi connectivity index (χ3v) is 4.33. The van der Waals surface area contributed by atoms with Gasteiger partial charge in [-0.1, -0.05) is 68.4 Å². The molecule has 0 aromatic heterocycles. The quantitative estimate of drug-likeness (QED) is 0.260. The summed E-state index contributed by atoms with van der Waals surface area (Å²) in [4.78, 5) is 0. The molecule has 0 spiro atoms. The molecule has 2 atom stereocenters. The van der Waals surface area contributed by atoms with E-state index in [1.54, 1.807) is 0 Å². The maximum absolute atomic E-state index is 9.75. The Bertz CT molecular complexity index is 431. The summed E-state index contributed by atoms with van der Waals surface area (Å²) < 4.78 is 0. The molecule has 0 saturated heterocycles. The van der Waals surface area contributed by atoms with Crippen LogP contribution in [0.2, 0.25) is 0 Å². The molecule has 0 bridgehead atoms. The number of oxime groups is 1. The highest BCUT2D eigenvalue weighted by Gasteiger charge is 2.15. The van der Waals surface area contributed by atoms with Crippen molar-refractivity contribution in [1.29, 1.82) is 0 Å². The average Bonchev–Trinajstić information content (AvgIpc) is 2.51. The van der Waals surface area contributed by atoms with Gasteiger partial charge in [0.05, 0.1) is 12.3 Å². The number of aliphatic hydroxyl groups excluding tert-OH is 1. The van der Waals surface area contributed by atoms with Crippen LogP contribution in [0.3, 0.4) is 0 Å². The van der Waals surface area contributed by atoms with E-state index in [0.29, 0.717) is 12.3 Å². The lowest BCUT2D eigenvalue weighted by Gasteiger charge is -2.20. The van der Waals surface area contributed by atoms with Gasteiger partial charge in [-0.3, -0.25) is 0 Å². The Morgan fingerprint density at radius 3 is 2.45 bits per heavy atom. The van der Waals surface area contributed by atoms with Crippen LogP contribution < -0.4 is 0 Å². The predicted molar refractivity (Wildman–Crippen MR) is 92.8 cm³/mol. The van der Waals surface area contributed by atoms with Crippen LogP contribution >= 0.6 is 0 Å². The van der Waals surface area contributed by atoms with Crippen LogP contribution in [0.4, 0.5) is 0 Å². The number of unbranched alkanes of at least 4 members (excludes halogenated alkanes) is 4. The first-order chi connectivity index (χ1) is 10.7. The molecule has 1 aromatic carbocycles. The van der Waals surface area contributed by atoms with Crippen LogP contribution in [0, 0.1) is 6.92 Å². The average molecular weight is 305 g/mol. The molecule has 3 heteroatoms. The van der Waals surface area contributed by atoms with E-state index in [9.17, 15) is 5.11 Å². The number of nitrogens with zero attached hydrogens (tertiary/aromatic N) is 1. The molecule has 0 heterocycles. The highest BCUT2D eigenvalue weighted by molar-refractivity contribution is 5.61. The molecule has 2 unspecified atom stereocenters. The van der Waals surface area contributed by atoms with Gasteiger partial charge >= 0.3 is 0 Å². The van der Waals surface area contributed by atoms with Crippen molar-refractivity contribution in [2.45, 2.75) is 77.2 Å². The van der Waals surface area contributed by atoms with Crippen molar-refractivity contribution in [3.63, 3.8) is 0 Å². The molecule has 1 rings (SSSR count). The maximum atomic E-state index is 9.75. The summed E-state index contributed by atoms with van der Waals surface area (Å²) in [7, 11) is 0. The summed E-state index contributed by atoms with van der Waals surface area (Å²) in [6.45, 7) is 4.39. The fourth-order valence-corrected chi connectivity index (χ4v) is 3.02. The molecular weight excluding hydrogens is 274 g/mol. The van der Waals surface area contributed by atoms with Crippen molar-refractivity contribution in [2.75, 3.05) is 0 Å².